The number of benzene rings is 1. The monoisotopic (exact) mass is 405 g/mol. The molecule has 0 bridgehead atoms. The molecule has 11 heteroatoms. The topological polar surface area (TPSA) is 129 Å². The van der Waals surface area contributed by atoms with Crippen molar-refractivity contribution in [2.24, 2.45) is 10.9 Å². The molecule has 26 heavy (non-hydrogen) atoms. The molecule has 0 fully saturated rings. The van der Waals surface area contributed by atoms with E-state index in [0.29, 0.717) is 10.7 Å². The van der Waals surface area contributed by atoms with Crippen molar-refractivity contribution in [3.05, 3.63) is 29.3 Å². The Bertz CT molecular complexity index is 724. The number of nitrogens with one attached hydrogen (secondary N) is 1. The molecule has 0 heterocycles. The Labute approximate surface area is 156 Å². The smallest absolute Gasteiger partial charge is 0.364 e. The molecule has 0 saturated carbocycles. The van der Waals surface area contributed by atoms with Crippen molar-refractivity contribution in [3.63, 3.8) is 0 Å². The highest BCUT2D eigenvalue weighted by Crippen LogP contribution is 2.52. The van der Waals surface area contributed by atoms with E-state index in [4.69, 9.17) is 26.4 Å². The average molecular weight is 406 g/mol. The van der Waals surface area contributed by atoms with Gasteiger partial charge in [-0.1, -0.05) is 22.8 Å². The molecule has 1 aromatic carbocycles. The van der Waals surface area contributed by atoms with E-state index in [1.54, 1.807) is 45.9 Å². The van der Waals surface area contributed by atoms with E-state index in [1.807, 2.05) is 0 Å². The first kappa shape index (κ1) is 22.1. The molecule has 0 saturated heterocycles. The molecule has 0 aromatic heterocycles. The van der Waals surface area contributed by atoms with Crippen LogP contribution in [0.5, 0.6) is 0 Å². The summed E-state index contributed by atoms with van der Waals surface area (Å²) in [4.78, 5) is 28.1. The zero-order valence-corrected chi connectivity index (χ0v) is 16.4. The van der Waals surface area contributed by atoms with Crippen LogP contribution < -0.4 is 11.1 Å². The van der Waals surface area contributed by atoms with E-state index in [9.17, 15) is 14.2 Å². The lowest BCUT2D eigenvalue weighted by atomic mass is 10.3. The third-order valence-electron chi connectivity index (χ3n) is 2.47. The maximum Gasteiger partial charge on any atom is 0.437 e. The first-order chi connectivity index (χ1) is 12.0. The molecule has 0 unspecified atom stereocenters. The Balaban J connectivity index is 3.00. The fourth-order valence-corrected chi connectivity index (χ4v) is 3.66. The molecule has 0 atom stereocenters. The molecular weight excluding hydrogens is 385 g/mol. The van der Waals surface area contributed by atoms with Crippen LogP contribution in [0.3, 0.4) is 0 Å². The van der Waals surface area contributed by atoms with Crippen molar-refractivity contribution < 1.29 is 28.0 Å². The Morgan fingerprint density at radius 3 is 2.23 bits per heavy atom. The first-order valence-electron chi connectivity index (χ1n) is 7.62. The lowest BCUT2D eigenvalue weighted by molar-refractivity contribution is -0.111. The van der Waals surface area contributed by atoms with Crippen molar-refractivity contribution in [3.8, 4) is 0 Å². The second-order valence-electron chi connectivity index (χ2n) is 5.60. The molecular formula is C15H21ClN3O6P. The van der Waals surface area contributed by atoms with Gasteiger partial charge >= 0.3 is 13.7 Å². The summed E-state index contributed by atoms with van der Waals surface area (Å²) in [6, 6.07) is 6.25. The van der Waals surface area contributed by atoms with Gasteiger partial charge in [0.05, 0.1) is 12.2 Å². The summed E-state index contributed by atoms with van der Waals surface area (Å²) >= 11 is 5.80. The van der Waals surface area contributed by atoms with Crippen LogP contribution in [0, 0.1) is 0 Å². The highest BCUT2D eigenvalue weighted by Gasteiger charge is 2.39. The molecule has 9 nitrogen and oxygen atoms in total. The van der Waals surface area contributed by atoms with Crippen molar-refractivity contribution in [1.29, 1.82) is 0 Å². The summed E-state index contributed by atoms with van der Waals surface area (Å²) < 4.78 is 23.3. The van der Waals surface area contributed by atoms with Crippen molar-refractivity contribution >= 4 is 42.3 Å². The van der Waals surface area contributed by atoms with Gasteiger partial charge in [-0.3, -0.25) is 19.5 Å². The van der Waals surface area contributed by atoms with Gasteiger partial charge in [0.15, 0.2) is 0 Å². The maximum atomic E-state index is 12.9. The van der Waals surface area contributed by atoms with E-state index in [0.717, 1.165) is 0 Å². The van der Waals surface area contributed by atoms with Crippen LogP contribution in [0.4, 0.5) is 10.5 Å². The normalized spacial score (nSPS) is 12.3. The quantitative estimate of drug-likeness (QED) is 0.293. The number of nitrogens with two attached hydrogens (primary N) is 1. The number of hydrogen-bond acceptors (Lipinski definition) is 7. The van der Waals surface area contributed by atoms with E-state index >= 15 is 0 Å². The van der Waals surface area contributed by atoms with Gasteiger partial charge < -0.3 is 14.8 Å². The Morgan fingerprint density at radius 2 is 1.77 bits per heavy atom. The van der Waals surface area contributed by atoms with Crippen molar-refractivity contribution in [2.45, 2.75) is 39.9 Å². The standard InChI is InChI=1S/C15H21ClN3O6P/c1-9(2)24-26(22,25-10(3)4)14(13(17)20)19-23-15(21)18-12-7-5-6-11(16)8-12/h5-10H,1-4H3,(H2,17,20)(H,18,21). The van der Waals surface area contributed by atoms with E-state index in [-0.39, 0.29) is 0 Å². The van der Waals surface area contributed by atoms with Gasteiger partial charge in [-0.15, -0.1) is 0 Å². The average Bonchev–Trinajstić information content (AvgIpc) is 2.44. The van der Waals surface area contributed by atoms with Gasteiger partial charge in [-0.2, -0.15) is 0 Å². The summed E-state index contributed by atoms with van der Waals surface area (Å²) in [6.07, 6.45) is -2.18. The summed E-state index contributed by atoms with van der Waals surface area (Å²) in [5, 5.41) is 6.03. The fraction of sp³-hybridized carbons (Fsp3) is 0.400. The molecule has 0 aliphatic heterocycles. The molecule has 144 valence electrons. The maximum absolute atomic E-state index is 12.9. The van der Waals surface area contributed by atoms with Crippen LogP contribution in [0.15, 0.2) is 29.4 Å². The minimum atomic E-state index is -4.20. The van der Waals surface area contributed by atoms with Gasteiger partial charge in [0, 0.05) is 10.7 Å². The second kappa shape index (κ2) is 9.68. The minimum Gasteiger partial charge on any atom is -0.364 e. The van der Waals surface area contributed by atoms with Crippen LogP contribution in [0.25, 0.3) is 0 Å². The molecule has 0 aliphatic carbocycles. The zero-order chi connectivity index (χ0) is 19.9. The van der Waals surface area contributed by atoms with Crippen LogP contribution in [0.2, 0.25) is 5.02 Å². The number of rotatable bonds is 8. The van der Waals surface area contributed by atoms with Crippen LogP contribution in [0.1, 0.15) is 27.7 Å². The number of primary amides is 1. The van der Waals surface area contributed by atoms with Gasteiger partial charge in [0.25, 0.3) is 11.4 Å². The molecule has 2 amide bonds. The molecule has 1 rings (SSSR count). The third kappa shape index (κ3) is 7.13. The number of amides is 2. The molecule has 0 spiro atoms. The first-order valence-corrected chi connectivity index (χ1v) is 9.54. The molecule has 1 aromatic rings. The molecule has 3 N–H and O–H groups in total. The number of carbonyl (C=O) groups excluding carboxylic acids is 2. The van der Waals surface area contributed by atoms with E-state index in [1.165, 1.54) is 6.07 Å². The van der Waals surface area contributed by atoms with Crippen molar-refractivity contribution in [2.75, 3.05) is 5.32 Å². The predicted octanol–water partition coefficient (Wildman–Crippen LogP) is 3.73. The fourth-order valence-electron chi connectivity index (χ4n) is 1.70. The van der Waals surface area contributed by atoms with Crippen molar-refractivity contribution in [1.82, 2.24) is 0 Å². The largest absolute Gasteiger partial charge is 0.437 e. The van der Waals surface area contributed by atoms with Gasteiger partial charge in [-0.05, 0) is 45.9 Å². The third-order valence-corrected chi connectivity index (χ3v) is 4.92. The SMILES string of the molecule is CC(C)OP(=O)(OC(C)C)C(=NOC(=O)Nc1cccc(Cl)c1)C(N)=O. The number of nitrogens with zero attached hydrogens (tertiary/aromatic N) is 1. The number of oxime groups is 1. The van der Waals surface area contributed by atoms with Crippen LogP contribution in [-0.4, -0.2) is 29.7 Å². The predicted molar refractivity (Wildman–Crippen MR) is 98.2 cm³/mol. The summed E-state index contributed by atoms with van der Waals surface area (Å²) in [6.45, 7) is 6.34. The highest BCUT2D eigenvalue weighted by molar-refractivity contribution is 7.75. The van der Waals surface area contributed by atoms with E-state index in [2.05, 4.69) is 15.3 Å². The van der Waals surface area contributed by atoms with Crippen LogP contribution in [-0.2, 0) is 23.2 Å². The number of hydrogen-bond donors (Lipinski definition) is 2. The number of anilines is 1. The second-order valence-corrected chi connectivity index (χ2v) is 7.88. The Hall–Kier alpha value is -1.93. The lowest BCUT2D eigenvalue weighted by Gasteiger charge is -2.21. The summed E-state index contributed by atoms with van der Waals surface area (Å²) in [5.74, 6) is -1.20. The molecule has 0 radical (unpaired) electrons. The Kier molecular flexibility index (Phi) is 8.23. The molecule has 0 aliphatic rings. The summed E-state index contributed by atoms with van der Waals surface area (Å²) in [7, 11) is -4.20. The van der Waals surface area contributed by atoms with E-state index < -0.39 is 37.3 Å². The number of carbonyl (C=O) groups is 2. The number of halogens is 1. The minimum absolute atomic E-state index is 0.332. The Morgan fingerprint density at radius 1 is 1.19 bits per heavy atom. The highest BCUT2D eigenvalue weighted by atomic mass is 35.5. The summed E-state index contributed by atoms with van der Waals surface area (Å²) in [5.41, 5.74) is 4.72. The zero-order valence-electron chi connectivity index (χ0n) is 14.8. The van der Waals surface area contributed by atoms with Gasteiger partial charge in [0.2, 0.25) is 0 Å². The van der Waals surface area contributed by atoms with Crippen LogP contribution >= 0.6 is 19.2 Å². The van der Waals surface area contributed by atoms with Gasteiger partial charge in [-0.25, -0.2) is 4.79 Å². The van der Waals surface area contributed by atoms with Gasteiger partial charge in [0.1, 0.15) is 0 Å². The lowest BCUT2D eigenvalue weighted by Crippen LogP contribution is -2.28.